The van der Waals surface area contributed by atoms with E-state index in [9.17, 15) is 20.1 Å². The molecule has 0 radical (unpaired) electrons. The van der Waals surface area contributed by atoms with Crippen LogP contribution in [0.15, 0.2) is 77.2 Å². The highest BCUT2D eigenvalue weighted by Gasteiger charge is 2.67. The number of fused-ring (bicyclic) bond motifs is 4. The fourth-order valence-corrected chi connectivity index (χ4v) is 16.9. The lowest BCUT2D eigenvalue weighted by atomic mass is 9.64. The van der Waals surface area contributed by atoms with Crippen molar-refractivity contribution < 1.29 is 34.3 Å². The van der Waals surface area contributed by atoms with Gasteiger partial charge in [0.05, 0.1) is 32.3 Å². The number of esters is 1. The molecule has 12 atom stereocenters. The fourth-order valence-electron chi connectivity index (χ4n) is 16.9. The number of rotatable bonds is 7. The van der Waals surface area contributed by atoms with E-state index in [-0.39, 0.29) is 53.0 Å². The van der Waals surface area contributed by atoms with E-state index < -0.39 is 24.6 Å². The number of aliphatic hydroxyl groups excluding tert-OH is 3. The average molecular weight is 820 g/mol. The summed E-state index contributed by atoms with van der Waals surface area (Å²) in [5.41, 5.74) is 2.78. The summed E-state index contributed by atoms with van der Waals surface area (Å²) in [4.78, 5) is 15.7. The smallest absolute Gasteiger partial charge is 0.345 e. The van der Waals surface area contributed by atoms with E-state index in [1.54, 1.807) is 0 Å². The number of allylic oxidation sites excluding steroid dienone is 1. The standard InChI is InChI=1S/C52H69NO7/c1-58-46-39(29-55)49(57)60-48(46)47-38(28-54)42-40-26-36-37(44(53(40)24-10-17-41(42)59-47)45(56)35-16-9-15-34(25-35)32-11-5-6-12-32)27-52(43(36)33-13-3-2-4-14-33)23-22-51(31-52)21-20-50(30-51)18-7-8-19-50/h2-4,9,13-14,16-17,32,34-38,40,42-45,54-56H,5-8,10-12,15,18-31H2,1H3. The molecule has 3 spiro atoms. The number of ether oxygens (including phenoxy) is 3. The Labute approximate surface area is 357 Å². The van der Waals surface area contributed by atoms with Gasteiger partial charge in [-0.1, -0.05) is 81.0 Å². The number of hydrogen-bond donors (Lipinski definition) is 3. The minimum atomic E-state index is -0.641. The van der Waals surface area contributed by atoms with Gasteiger partial charge in [0.2, 0.25) is 5.76 Å². The third-order valence-electron chi connectivity index (χ3n) is 19.1. The van der Waals surface area contributed by atoms with Gasteiger partial charge in [-0.2, -0.15) is 0 Å². The highest BCUT2D eigenvalue weighted by molar-refractivity contribution is 5.94. The molecular weight excluding hydrogens is 751 g/mol. The van der Waals surface area contributed by atoms with Crippen LogP contribution >= 0.6 is 0 Å². The number of piperidine rings is 1. The molecule has 8 heteroatoms. The molecule has 0 bridgehead atoms. The van der Waals surface area contributed by atoms with Crippen LogP contribution in [-0.4, -0.2) is 71.2 Å². The summed E-state index contributed by atoms with van der Waals surface area (Å²) in [6.45, 7) is 0.157. The van der Waals surface area contributed by atoms with Crippen molar-refractivity contribution >= 4 is 5.97 Å². The first-order chi connectivity index (χ1) is 29.3. The predicted octanol–water partition coefficient (Wildman–Crippen LogP) is 9.09. The van der Waals surface area contributed by atoms with Gasteiger partial charge in [0.25, 0.3) is 0 Å². The summed E-state index contributed by atoms with van der Waals surface area (Å²) in [7, 11) is 1.48. The monoisotopic (exact) mass is 820 g/mol. The molecule has 60 heavy (non-hydrogen) atoms. The lowest BCUT2D eigenvalue weighted by Gasteiger charge is -2.53. The molecule has 5 saturated carbocycles. The Balaban J connectivity index is 1.01. The van der Waals surface area contributed by atoms with Crippen LogP contribution in [0.3, 0.4) is 0 Å². The quantitative estimate of drug-likeness (QED) is 0.185. The molecule has 2 saturated heterocycles. The number of methoxy groups -OCH3 is 1. The van der Waals surface area contributed by atoms with Crippen LogP contribution in [0.1, 0.15) is 133 Å². The molecule has 1 aromatic rings. The molecule has 12 unspecified atom stereocenters. The van der Waals surface area contributed by atoms with Gasteiger partial charge in [-0.3, -0.25) is 4.90 Å². The number of cyclic esters (lactones) is 1. The Morgan fingerprint density at radius 1 is 0.900 bits per heavy atom. The third-order valence-corrected chi connectivity index (χ3v) is 19.1. The van der Waals surface area contributed by atoms with E-state index in [2.05, 4.69) is 53.5 Å². The molecular formula is C52H69NO7. The van der Waals surface area contributed by atoms with Gasteiger partial charge < -0.3 is 29.5 Å². The number of benzene rings is 1. The van der Waals surface area contributed by atoms with E-state index in [1.807, 2.05) is 0 Å². The molecule has 3 N–H and O–H groups in total. The Morgan fingerprint density at radius 2 is 1.68 bits per heavy atom. The van der Waals surface area contributed by atoms with Crippen LogP contribution in [0.4, 0.5) is 0 Å². The SMILES string of the molecule is COC1=C(CO)C(=O)OC1=C1OC2=CCCN3C(CC4C(CC5(CCC6(CCC7(CCCC7)C6)C5)C4c4ccccc4)C3C(O)C3C=CCC(C4CCCC4)C3)C2C1CO. The van der Waals surface area contributed by atoms with Crippen molar-refractivity contribution in [2.24, 2.45) is 57.7 Å². The summed E-state index contributed by atoms with van der Waals surface area (Å²) >= 11 is 0. The Morgan fingerprint density at radius 3 is 2.45 bits per heavy atom. The normalized spacial score (nSPS) is 42.8. The van der Waals surface area contributed by atoms with Gasteiger partial charge in [-0.05, 0) is 141 Å². The van der Waals surface area contributed by atoms with Crippen LogP contribution in [0, 0.1) is 57.7 Å². The largest absolute Gasteiger partial charge is 0.492 e. The van der Waals surface area contributed by atoms with E-state index in [1.165, 1.54) is 109 Å². The molecule has 324 valence electrons. The van der Waals surface area contributed by atoms with Crippen LogP contribution in [0.25, 0.3) is 0 Å². The second kappa shape index (κ2) is 15.4. The second-order valence-corrected chi connectivity index (χ2v) is 21.8. The number of carbonyl (C=O) groups excluding carboxylic acids is 1. The Bertz CT molecular complexity index is 1940. The average Bonchev–Trinajstić information content (AvgIpc) is 4.15. The maximum Gasteiger partial charge on any atom is 0.345 e. The van der Waals surface area contributed by atoms with Crippen molar-refractivity contribution in [1.82, 2.24) is 4.90 Å². The number of nitrogens with zero attached hydrogens (tertiary/aromatic N) is 1. The van der Waals surface area contributed by atoms with Crippen molar-refractivity contribution in [2.45, 2.75) is 146 Å². The van der Waals surface area contributed by atoms with E-state index >= 15 is 0 Å². The van der Waals surface area contributed by atoms with Crippen molar-refractivity contribution in [3.8, 4) is 0 Å². The van der Waals surface area contributed by atoms with Crippen LogP contribution in [0.5, 0.6) is 0 Å². The summed E-state index contributed by atoms with van der Waals surface area (Å²) in [5, 5.41) is 34.8. The number of aliphatic hydroxyl groups is 3. The van der Waals surface area contributed by atoms with E-state index in [0.717, 1.165) is 43.9 Å². The third kappa shape index (κ3) is 6.29. The number of hydrogen-bond acceptors (Lipinski definition) is 8. The first kappa shape index (κ1) is 39.9. The van der Waals surface area contributed by atoms with E-state index in [4.69, 9.17) is 14.2 Å². The Hall–Kier alpha value is -2.91. The highest BCUT2D eigenvalue weighted by atomic mass is 16.6. The number of carbonyl (C=O) groups is 1. The summed E-state index contributed by atoms with van der Waals surface area (Å²) in [6, 6.07) is 11.5. The van der Waals surface area contributed by atoms with Crippen molar-refractivity contribution in [1.29, 1.82) is 0 Å². The predicted molar refractivity (Wildman–Crippen MR) is 229 cm³/mol. The lowest BCUT2D eigenvalue weighted by Crippen LogP contribution is -2.62. The maximum atomic E-state index is 13.3. The summed E-state index contributed by atoms with van der Waals surface area (Å²) in [6.07, 6.45) is 30.9. The minimum absolute atomic E-state index is 0.0128. The van der Waals surface area contributed by atoms with Gasteiger partial charge in [-0.25, -0.2) is 4.79 Å². The molecule has 6 aliphatic carbocycles. The first-order valence-electron chi connectivity index (χ1n) is 24.3. The van der Waals surface area contributed by atoms with Crippen molar-refractivity contribution in [3.05, 3.63) is 82.7 Å². The van der Waals surface area contributed by atoms with Gasteiger partial charge in [-0.15, -0.1) is 0 Å². The summed E-state index contributed by atoms with van der Waals surface area (Å²) in [5.74, 6) is 3.00. The minimum Gasteiger partial charge on any atom is -0.492 e. The maximum absolute atomic E-state index is 13.3. The lowest BCUT2D eigenvalue weighted by molar-refractivity contribution is -0.134. The van der Waals surface area contributed by atoms with Gasteiger partial charge in [0, 0.05) is 30.5 Å². The molecule has 10 aliphatic rings. The zero-order valence-corrected chi connectivity index (χ0v) is 35.9. The molecule has 0 aromatic heterocycles. The topological polar surface area (TPSA) is 109 Å². The molecule has 7 fully saturated rings. The van der Waals surface area contributed by atoms with Crippen molar-refractivity contribution in [2.75, 3.05) is 26.9 Å². The van der Waals surface area contributed by atoms with Crippen molar-refractivity contribution in [3.63, 3.8) is 0 Å². The van der Waals surface area contributed by atoms with Crippen LogP contribution in [0.2, 0.25) is 0 Å². The zero-order chi connectivity index (χ0) is 40.8. The summed E-state index contributed by atoms with van der Waals surface area (Å²) < 4.78 is 18.2. The molecule has 11 rings (SSSR count). The molecule has 1 aromatic carbocycles. The molecule has 4 aliphatic heterocycles. The first-order valence-corrected chi connectivity index (χ1v) is 24.3. The van der Waals surface area contributed by atoms with Crippen LogP contribution < -0.4 is 0 Å². The fraction of sp³-hybridized carbons (Fsp3) is 0.712. The van der Waals surface area contributed by atoms with Gasteiger partial charge >= 0.3 is 5.97 Å². The van der Waals surface area contributed by atoms with Gasteiger partial charge in [0.1, 0.15) is 11.3 Å². The van der Waals surface area contributed by atoms with E-state index in [0.29, 0.717) is 40.3 Å². The molecule has 4 heterocycles. The van der Waals surface area contributed by atoms with Gasteiger partial charge in [0.15, 0.2) is 11.5 Å². The highest BCUT2D eigenvalue weighted by Crippen LogP contribution is 2.74. The Kier molecular flexibility index (Phi) is 10.3. The van der Waals surface area contributed by atoms with Crippen LogP contribution in [-0.2, 0) is 19.0 Å². The zero-order valence-electron chi connectivity index (χ0n) is 35.9. The molecule has 0 amide bonds. The molecule has 8 nitrogen and oxygen atoms in total. The second-order valence-electron chi connectivity index (χ2n) is 21.8.